The molecule has 1 aliphatic rings. The number of nitrogens with one attached hydrogen (secondary N) is 1. The predicted octanol–water partition coefficient (Wildman–Crippen LogP) is 3.98. The number of nitrogens with zero attached hydrogens (tertiary/aromatic N) is 4. The van der Waals surface area contributed by atoms with Crippen LogP contribution in [-0.2, 0) is 20.0 Å². The Balaban J connectivity index is 1.47. The standard InChI is InChI=1S/C24H26F3N5O4S2/c1-15-3-5-19(6-4-15)38(35,36)31-9-7-21-23(31)29-14-18-13-28-22(32(18)21)20-12-17(11-16(20)2)30-37(33,34)10-8-24(25,26)27/h3-7,9,13-14,16-17,20,30H,8,10-12H2,1-2H3/t16-,17+,20+/m1/s1. The number of aromatic nitrogens is 4. The molecule has 0 amide bonds. The number of alkyl halides is 3. The second kappa shape index (κ2) is 9.35. The van der Waals surface area contributed by atoms with E-state index in [1.165, 1.54) is 24.5 Å². The highest BCUT2D eigenvalue weighted by molar-refractivity contribution is 7.90. The first-order chi connectivity index (χ1) is 17.7. The maximum atomic E-state index is 13.3. The topological polar surface area (TPSA) is 115 Å². The number of imidazole rings is 1. The number of rotatable bonds is 7. The summed E-state index contributed by atoms with van der Waals surface area (Å²) in [6, 6.07) is 7.61. The molecular weight excluding hydrogens is 543 g/mol. The van der Waals surface area contributed by atoms with Gasteiger partial charge in [-0.15, -0.1) is 0 Å². The molecule has 0 unspecified atom stereocenters. The summed E-state index contributed by atoms with van der Waals surface area (Å²) in [5.74, 6) is -0.650. The molecule has 4 aromatic rings. The molecule has 0 saturated heterocycles. The summed E-state index contributed by atoms with van der Waals surface area (Å²) < 4.78 is 94.1. The minimum absolute atomic E-state index is 0.0301. The Hall–Kier alpha value is -2.97. The fraction of sp³-hybridized carbons (Fsp3) is 0.417. The first-order valence-electron chi connectivity index (χ1n) is 12.0. The van der Waals surface area contributed by atoms with Gasteiger partial charge in [0.25, 0.3) is 10.0 Å². The van der Waals surface area contributed by atoms with E-state index in [1.54, 1.807) is 24.4 Å². The third-order valence-corrected chi connectivity index (χ3v) is 10.1. The molecule has 0 radical (unpaired) electrons. The molecule has 3 aromatic heterocycles. The molecule has 3 atom stereocenters. The lowest BCUT2D eigenvalue weighted by Crippen LogP contribution is -2.36. The third-order valence-electron chi connectivity index (χ3n) is 6.97. The second-order valence-electron chi connectivity index (χ2n) is 9.83. The van der Waals surface area contributed by atoms with Crippen molar-refractivity contribution in [3.8, 4) is 0 Å². The van der Waals surface area contributed by atoms with Gasteiger partial charge in [0.1, 0.15) is 5.82 Å². The van der Waals surface area contributed by atoms with Gasteiger partial charge in [-0.25, -0.2) is 35.5 Å². The number of hydrogen-bond acceptors (Lipinski definition) is 6. The summed E-state index contributed by atoms with van der Waals surface area (Å²) in [5.41, 5.74) is 2.30. The van der Waals surface area contributed by atoms with Crippen LogP contribution in [0.3, 0.4) is 0 Å². The molecule has 0 bridgehead atoms. The Morgan fingerprint density at radius 2 is 1.71 bits per heavy atom. The van der Waals surface area contributed by atoms with E-state index in [4.69, 9.17) is 0 Å². The van der Waals surface area contributed by atoms with E-state index < -0.39 is 44.4 Å². The third kappa shape index (κ3) is 5.04. The minimum atomic E-state index is -4.56. The number of fused-ring (bicyclic) bond motifs is 3. The van der Waals surface area contributed by atoms with Crippen LogP contribution >= 0.6 is 0 Å². The van der Waals surface area contributed by atoms with Crippen LogP contribution in [0.2, 0.25) is 0 Å². The zero-order chi connectivity index (χ0) is 27.5. The number of sulfonamides is 1. The molecule has 0 aliphatic heterocycles. The molecule has 0 spiro atoms. The lowest BCUT2D eigenvalue weighted by molar-refractivity contribution is -0.130. The Morgan fingerprint density at radius 3 is 2.39 bits per heavy atom. The monoisotopic (exact) mass is 569 g/mol. The molecule has 1 aliphatic carbocycles. The molecular formula is C24H26F3N5O4S2. The van der Waals surface area contributed by atoms with Crippen molar-refractivity contribution in [3.05, 3.63) is 60.3 Å². The van der Waals surface area contributed by atoms with Gasteiger partial charge in [-0.05, 0) is 43.9 Å². The molecule has 9 nitrogen and oxygen atoms in total. The van der Waals surface area contributed by atoms with Gasteiger partial charge in [-0.3, -0.25) is 4.40 Å². The zero-order valence-corrected chi connectivity index (χ0v) is 22.2. The Labute approximate surface area is 217 Å². The van der Waals surface area contributed by atoms with Gasteiger partial charge in [-0.1, -0.05) is 24.6 Å². The normalized spacial score (nSPS) is 21.0. The van der Waals surface area contributed by atoms with Crippen molar-refractivity contribution in [3.63, 3.8) is 0 Å². The summed E-state index contributed by atoms with van der Waals surface area (Å²) in [6.45, 7) is 3.80. The van der Waals surface area contributed by atoms with Crippen LogP contribution in [0.5, 0.6) is 0 Å². The van der Waals surface area contributed by atoms with Gasteiger partial charge in [0.15, 0.2) is 5.65 Å². The largest absolute Gasteiger partial charge is 0.390 e. The van der Waals surface area contributed by atoms with Gasteiger partial charge in [0.05, 0.1) is 40.5 Å². The van der Waals surface area contributed by atoms with Gasteiger partial charge in [0, 0.05) is 18.2 Å². The van der Waals surface area contributed by atoms with Crippen molar-refractivity contribution >= 4 is 36.7 Å². The lowest BCUT2D eigenvalue weighted by Gasteiger charge is -2.15. The van der Waals surface area contributed by atoms with E-state index in [1.807, 2.05) is 18.2 Å². The summed E-state index contributed by atoms with van der Waals surface area (Å²) in [5, 5.41) is 0. The lowest BCUT2D eigenvalue weighted by atomic mass is 9.97. The fourth-order valence-electron chi connectivity index (χ4n) is 5.10. The maximum absolute atomic E-state index is 13.3. The van der Waals surface area contributed by atoms with Crippen molar-refractivity contribution in [2.24, 2.45) is 5.92 Å². The van der Waals surface area contributed by atoms with Crippen molar-refractivity contribution in [1.29, 1.82) is 0 Å². The van der Waals surface area contributed by atoms with Crippen molar-refractivity contribution in [1.82, 2.24) is 23.1 Å². The van der Waals surface area contributed by atoms with Gasteiger partial charge < -0.3 is 0 Å². The first kappa shape index (κ1) is 26.6. The average molecular weight is 570 g/mol. The molecule has 1 N–H and O–H groups in total. The number of hydrogen-bond donors (Lipinski definition) is 1. The van der Waals surface area contributed by atoms with Gasteiger partial charge in [0.2, 0.25) is 10.0 Å². The van der Waals surface area contributed by atoms with E-state index in [-0.39, 0.29) is 22.4 Å². The molecule has 38 heavy (non-hydrogen) atoms. The van der Waals surface area contributed by atoms with Crippen LogP contribution < -0.4 is 4.72 Å². The first-order valence-corrected chi connectivity index (χ1v) is 15.1. The van der Waals surface area contributed by atoms with Crippen molar-refractivity contribution < 1.29 is 30.0 Å². The zero-order valence-electron chi connectivity index (χ0n) is 20.6. The van der Waals surface area contributed by atoms with Crippen LogP contribution in [0.15, 0.2) is 53.8 Å². The van der Waals surface area contributed by atoms with E-state index in [9.17, 15) is 30.0 Å². The maximum Gasteiger partial charge on any atom is 0.390 e. The van der Waals surface area contributed by atoms with Crippen molar-refractivity contribution in [2.45, 2.75) is 56.1 Å². The van der Waals surface area contributed by atoms with Crippen LogP contribution in [0.25, 0.3) is 16.7 Å². The van der Waals surface area contributed by atoms with Crippen LogP contribution in [0.4, 0.5) is 13.2 Å². The Kier molecular flexibility index (Phi) is 6.55. The number of benzene rings is 1. The quantitative estimate of drug-likeness (QED) is 0.360. The second-order valence-corrected chi connectivity index (χ2v) is 13.5. The SMILES string of the molecule is Cc1ccc(S(=O)(=O)n2ccc3c2ncc2cnc([C@H]4C[C@@H](NS(=O)(=O)CCC(F)(F)F)C[C@H]4C)n23)cc1. The molecule has 1 fully saturated rings. The van der Waals surface area contributed by atoms with Gasteiger partial charge in [-0.2, -0.15) is 13.2 Å². The molecule has 14 heteroatoms. The Morgan fingerprint density at radius 1 is 1.03 bits per heavy atom. The van der Waals surface area contributed by atoms with E-state index in [0.717, 1.165) is 9.54 Å². The van der Waals surface area contributed by atoms with E-state index in [2.05, 4.69) is 14.7 Å². The molecule has 204 valence electrons. The number of halogens is 3. The highest BCUT2D eigenvalue weighted by atomic mass is 32.2. The average Bonchev–Trinajstić information content (AvgIpc) is 3.53. The summed E-state index contributed by atoms with van der Waals surface area (Å²) in [4.78, 5) is 9.06. The highest BCUT2D eigenvalue weighted by Gasteiger charge is 2.38. The molecule has 5 rings (SSSR count). The van der Waals surface area contributed by atoms with Crippen molar-refractivity contribution in [2.75, 3.05) is 5.75 Å². The van der Waals surface area contributed by atoms with Crippen LogP contribution in [0, 0.1) is 12.8 Å². The highest BCUT2D eigenvalue weighted by Crippen LogP contribution is 2.40. The predicted molar refractivity (Wildman–Crippen MR) is 135 cm³/mol. The van der Waals surface area contributed by atoms with E-state index in [0.29, 0.717) is 29.7 Å². The summed E-state index contributed by atoms with van der Waals surface area (Å²) in [6.07, 6.45) is -0.617. The number of aryl methyl sites for hydroxylation is 1. The smallest absolute Gasteiger partial charge is 0.291 e. The summed E-state index contributed by atoms with van der Waals surface area (Å²) >= 11 is 0. The fourth-order valence-corrected chi connectivity index (χ4v) is 7.72. The van der Waals surface area contributed by atoms with E-state index >= 15 is 0 Å². The minimum Gasteiger partial charge on any atom is -0.291 e. The molecule has 3 heterocycles. The van der Waals surface area contributed by atoms with Gasteiger partial charge >= 0.3 is 6.18 Å². The summed E-state index contributed by atoms with van der Waals surface area (Å²) in [7, 11) is -8.03. The van der Waals surface area contributed by atoms with Crippen LogP contribution in [-0.4, -0.2) is 53.1 Å². The Bertz CT molecular complexity index is 1710. The molecule has 1 aromatic carbocycles. The molecule has 1 saturated carbocycles. The van der Waals surface area contributed by atoms with Crippen LogP contribution in [0.1, 0.15) is 43.5 Å².